The zero-order chi connectivity index (χ0) is 21.1. The van der Waals surface area contributed by atoms with Crippen molar-refractivity contribution in [2.75, 3.05) is 59.5 Å². The lowest BCUT2D eigenvalue weighted by atomic mass is 9.99. The first-order chi connectivity index (χ1) is 14.6. The number of likely N-dealkylation sites (N-methyl/N-ethyl adjacent to an activating group) is 1. The summed E-state index contributed by atoms with van der Waals surface area (Å²) in [6, 6.07) is -0.118. The van der Waals surface area contributed by atoms with E-state index in [2.05, 4.69) is 27.0 Å². The summed E-state index contributed by atoms with van der Waals surface area (Å²) >= 11 is 0. The number of piperidine rings is 1. The van der Waals surface area contributed by atoms with Crippen molar-refractivity contribution in [3.8, 4) is 0 Å². The number of fused-ring (bicyclic) bond motifs is 1. The number of carbonyl (C=O) groups excluding carboxylic acids is 2. The number of H-pyrrole nitrogens is 1. The highest BCUT2D eigenvalue weighted by atomic mass is 16.3. The van der Waals surface area contributed by atoms with Crippen molar-refractivity contribution in [2.45, 2.75) is 44.7 Å². The number of rotatable bonds is 4. The van der Waals surface area contributed by atoms with Crippen LogP contribution in [0.15, 0.2) is 0 Å². The second-order valence-corrected chi connectivity index (χ2v) is 8.86. The van der Waals surface area contributed by atoms with Crippen molar-refractivity contribution in [2.24, 2.45) is 0 Å². The predicted octanol–water partition coefficient (Wildman–Crippen LogP) is -0.0811. The van der Waals surface area contributed by atoms with Gasteiger partial charge in [-0.05, 0) is 52.2 Å². The number of aromatic nitrogens is 2. The van der Waals surface area contributed by atoms with Gasteiger partial charge in [0.15, 0.2) is 5.69 Å². The molecule has 166 valence electrons. The van der Waals surface area contributed by atoms with E-state index in [1.807, 2.05) is 4.90 Å². The SMILES string of the molecule is CN1CCCN(CC(=O)N2CCc3c(C(=O)N4CCCCC4CO)n[nH]c3C2)CC1. The molecule has 0 bridgehead atoms. The zero-order valence-corrected chi connectivity index (χ0v) is 18.0. The number of aromatic amines is 1. The molecule has 30 heavy (non-hydrogen) atoms. The maximum atomic E-state index is 13.1. The third-order valence-corrected chi connectivity index (χ3v) is 6.76. The highest BCUT2D eigenvalue weighted by Crippen LogP contribution is 2.25. The van der Waals surface area contributed by atoms with Crippen LogP contribution in [0, 0.1) is 0 Å². The number of aliphatic hydroxyl groups excluding tert-OH is 1. The number of hydrogen-bond donors (Lipinski definition) is 2. The summed E-state index contributed by atoms with van der Waals surface area (Å²) in [6.07, 6.45) is 4.56. The molecule has 3 aliphatic rings. The Kier molecular flexibility index (Phi) is 6.70. The maximum Gasteiger partial charge on any atom is 0.274 e. The van der Waals surface area contributed by atoms with E-state index in [0.29, 0.717) is 38.3 Å². The standard InChI is InChI=1S/C21H34N6O3/c1-24-7-4-8-25(12-11-24)14-19(29)26-10-6-17-18(13-26)22-23-20(17)21(30)27-9-3-2-5-16(27)15-28/h16,28H,2-15H2,1H3,(H,22,23). The highest BCUT2D eigenvalue weighted by molar-refractivity contribution is 5.94. The van der Waals surface area contributed by atoms with Crippen LogP contribution in [0.5, 0.6) is 0 Å². The molecular weight excluding hydrogens is 384 g/mol. The number of hydrogen-bond acceptors (Lipinski definition) is 6. The van der Waals surface area contributed by atoms with Crippen LogP contribution in [0.2, 0.25) is 0 Å². The lowest BCUT2D eigenvalue weighted by molar-refractivity contribution is -0.133. The van der Waals surface area contributed by atoms with E-state index < -0.39 is 0 Å². The molecule has 1 unspecified atom stereocenters. The molecule has 0 radical (unpaired) electrons. The molecule has 2 amide bonds. The average Bonchev–Trinajstić information content (AvgIpc) is 3.09. The van der Waals surface area contributed by atoms with Gasteiger partial charge in [0.25, 0.3) is 5.91 Å². The molecule has 0 aromatic carbocycles. The monoisotopic (exact) mass is 418 g/mol. The van der Waals surface area contributed by atoms with Crippen molar-refractivity contribution in [1.82, 2.24) is 29.8 Å². The van der Waals surface area contributed by atoms with Crippen molar-refractivity contribution >= 4 is 11.8 Å². The topological polar surface area (TPSA) is 96.0 Å². The van der Waals surface area contributed by atoms with Crippen LogP contribution in [-0.4, -0.2) is 112 Å². The Bertz CT molecular complexity index is 766. The first kappa shape index (κ1) is 21.3. The van der Waals surface area contributed by atoms with Gasteiger partial charge >= 0.3 is 0 Å². The third kappa shape index (κ3) is 4.53. The molecule has 3 aliphatic heterocycles. The molecule has 0 aliphatic carbocycles. The zero-order valence-electron chi connectivity index (χ0n) is 18.0. The van der Waals surface area contributed by atoms with Gasteiger partial charge in [0.1, 0.15) is 0 Å². The molecule has 2 fully saturated rings. The molecule has 9 heteroatoms. The van der Waals surface area contributed by atoms with E-state index in [1.165, 1.54) is 0 Å². The van der Waals surface area contributed by atoms with Crippen LogP contribution in [0.25, 0.3) is 0 Å². The van der Waals surface area contributed by atoms with E-state index in [-0.39, 0.29) is 24.5 Å². The van der Waals surface area contributed by atoms with Gasteiger partial charge in [-0.15, -0.1) is 0 Å². The fraction of sp³-hybridized carbons (Fsp3) is 0.762. The summed E-state index contributed by atoms with van der Waals surface area (Å²) in [5, 5.41) is 17.0. The maximum absolute atomic E-state index is 13.1. The number of likely N-dealkylation sites (tertiary alicyclic amines) is 1. The highest BCUT2D eigenvalue weighted by Gasteiger charge is 2.33. The smallest absolute Gasteiger partial charge is 0.274 e. The largest absolute Gasteiger partial charge is 0.394 e. The van der Waals surface area contributed by atoms with Crippen LogP contribution in [0.1, 0.15) is 47.4 Å². The predicted molar refractivity (Wildman–Crippen MR) is 112 cm³/mol. The minimum Gasteiger partial charge on any atom is -0.394 e. The molecule has 1 atom stereocenters. The minimum atomic E-state index is -0.118. The molecule has 1 aromatic rings. The molecule has 0 saturated carbocycles. The van der Waals surface area contributed by atoms with Crippen molar-refractivity contribution in [1.29, 1.82) is 0 Å². The number of amides is 2. The molecule has 9 nitrogen and oxygen atoms in total. The lowest BCUT2D eigenvalue weighted by Crippen LogP contribution is -2.46. The quantitative estimate of drug-likeness (QED) is 0.710. The second kappa shape index (κ2) is 9.45. The molecule has 2 N–H and O–H groups in total. The number of aliphatic hydroxyl groups is 1. The normalized spacial score (nSPS) is 23.9. The van der Waals surface area contributed by atoms with Gasteiger partial charge in [0.2, 0.25) is 5.91 Å². The Balaban J connectivity index is 1.39. The lowest BCUT2D eigenvalue weighted by Gasteiger charge is -2.34. The van der Waals surface area contributed by atoms with Gasteiger partial charge in [-0.1, -0.05) is 0 Å². The summed E-state index contributed by atoms with van der Waals surface area (Å²) < 4.78 is 0. The van der Waals surface area contributed by atoms with Gasteiger partial charge in [0, 0.05) is 31.7 Å². The van der Waals surface area contributed by atoms with Crippen LogP contribution in [0.3, 0.4) is 0 Å². The first-order valence-corrected chi connectivity index (χ1v) is 11.2. The summed E-state index contributed by atoms with van der Waals surface area (Å²) in [5.74, 6) is 0.0452. The average molecular weight is 419 g/mol. The molecule has 4 heterocycles. The van der Waals surface area contributed by atoms with E-state index in [0.717, 1.165) is 63.1 Å². The van der Waals surface area contributed by atoms with E-state index in [9.17, 15) is 14.7 Å². The van der Waals surface area contributed by atoms with Crippen LogP contribution in [-0.2, 0) is 17.8 Å². The van der Waals surface area contributed by atoms with Gasteiger partial charge in [-0.3, -0.25) is 19.6 Å². The number of nitrogens with zero attached hydrogens (tertiary/aromatic N) is 5. The van der Waals surface area contributed by atoms with Crippen molar-refractivity contribution in [3.05, 3.63) is 17.0 Å². The summed E-state index contributed by atoms with van der Waals surface area (Å²) in [6.45, 7) is 6.16. The van der Waals surface area contributed by atoms with Crippen molar-refractivity contribution < 1.29 is 14.7 Å². The Morgan fingerprint density at radius 1 is 1.10 bits per heavy atom. The van der Waals surface area contributed by atoms with E-state index >= 15 is 0 Å². The Morgan fingerprint density at radius 3 is 2.80 bits per heavy atom. The molecule has 4 rings (SSSR count). The molecule has 1 aromatic heterocycles. The van der Waals surface area contributed by atoms with E-state index in [1.54, 1.807) is 4.90 Å². The minimum absolute atomic E-state index is 0.00702. The first-order valence-electron chi connectivity index (χ1n) is 11.2. The summed E-state index contributed by atoms with van der Waals surface area (Å²) in [5.41, 5.74) is 2.27. The third-order valence-electron chi connectivity index (χ3n) is 6.76. The fourth-order valence-electron chi connectivity index (χ4n) is 4.85. The molecule has 2 saturated heterocycles. The fourth-order valence-corrected chi connectivity index (χ4v) is 4.85. The van der Waals surface area contributed by atoms with Crippen LogP contribution >= 0.6 is 0 Å². The molecule has 0 spiro atoms. The van der Waals surface area contributed by atoms with Crippen LogP contribution in [0.4, 0.5) is 0 Å². The Morgan fingerprint density at radius 2 is 1.97 bits per heavy atom. The van der Waals surface area contributed by atoms with Gasteiger partial charge in [0.05, 0.1) is 31.4 Å². The second-order valence-electron chi connectivity index (χ2n) is 8.86. The summed E-state index contributed by atoms with van der Waals surface area (Å²) in [7, 11) is 2.13. The van der Waals surface area contributed by atoms with Gasteiger partial charge < -0.3 is 19.8 Å². The Labute approximate surface area is 178 Å². The van der Waals surface area contributed by atoms with Crippen molar-refractivity contribution in [3.63, 3.8) is 0 Å². The van der Waals surface area contributed by atoms with Gasteiger partial charge in [-0.25, -0.2) is 0 Å². The Hall–Kier alpha value is -1.97. The molecular formula is C21H34N6O3. The number of nitrogens with one attached hydrogen (secondary N) is 1. The summed E-state index contributed by atoms with van der Waals surface area (Å²) in [4.78, 5) is 34.2. The van der Waals surface area contributed by atoms with Crippen LogP contribution < -0.4 is 0 Å². The van der Waals surface area contributed by atoms with E-state index in [4.69, 9.17) is 0 Å². The number of carbonyl (C=O) groups is 2. The van der Waals surface area contributed by atoms with Gasteiger partial charge in [-0.2, -0.15) is 5.10 Å².